The maximum atomic E-state index is 13.2. The van der Waals surface area contributed by atoms with E-state index in [0.717, 1.165) is 16.9 Å². The van der Waals surface area contributed by atoms with Crippen molar-refractivity contribution in [2.75, 3.05) is 24.5 Å². The molecule has 3 N–H and O–H groups in total. The molecule has 8 heteroatoms. The Hall–Kier alpha value is -2.97. The topological polar surface area (TPSA) is 106 Å². The summed E-state index contributed by atoms with van der Waals surface area (Å²) in [7, 11) is 0. The number of hydrogen-bond donors (Lipinski definition) is 3. The van der Waals surface area contributed by atoms with Crippen molar-refractivity contribution < 1.29 is 19.9 Å². The molecule has 0 saturated carbocycles. The number of hydrogen-bond acceptors (Lipinski definition) is 6. The van der Waals surface area contributed by atoms with E-state index < -0.39 is 17.9 Å². The van der Waals surface area contributed by atoms with Crippen LogP contribution in [0.1, 0.15) is 27.2 Å². The van der Waals surface area contributed by atoms with Crippen LogP contribution in [0, 0.1) is 11.8 Å². The van der Waals surface area contributed by atoms with Gasteiger partial charge < -0.3 is 14.9 Å². The molecule has 1 aromatic carbocycles. The molecule has 1 fully saturated rings. The molecule has 172 valence electrons. The maximum absolute atomic E-state index is 13.2. The first-order valence-electron chi connectivity index (χ1n) is 11.0. The Kier molecular flexibility index (Phi) is 7.82. The molecule has 2 aromatic rings. The van der Waals surface area contributed by atoms with Crippen LogP contribution in [-0.4, -0.2) is 63.8 Å². The van der Waals surface area contributed by atoms with Gasteiger partial charge in [-0.15, -0.1) is 0 Å². The first-order valence-corrected chi connectivity index (χ1v) is 11.0. The number of carbonyl (C=O) groups excluding carboxylic acids is 2. The number of amides is 2. The molecular formula is C24H32N4O4. The van der Waals surface area contributed by atoms with Gasteiger partial charge in [-0.05, 0) is 37.0 Å². The minimum atomic E-state index is -1.59. The Labute approximate surface area is 188 Å². The number of carbonyl (C=O) groups is 2. The standard InChI is InChI=1S/C24H32N4O4/c1-16(2)13-20(22(29)23(30)26-32)24(31)28-12-11-27(15-17(28)3)21-10-9-19(14-25-21)18-7-5-4-6-8-18/h4-10,14,16-17,20,22,29,32H,11-13,15H2,1-3H3,(H,26,30)/t17-,20+,22+/m1/s1. The summed E-state index contributed by atoms with van der Waals surface area (Å²) in [6, 6.07) is 14.0. The normalized spacial score (nSPS) is 18.4. The van der Waals surface area contributed by atoms with Gasteiger partial charge >= 0.3 is 0 Å². The highest BCUT2D eigenvalue weighted by Gasteiger charge is 2.38. The van der Waals surface area contributed by atoms with Crippen molar-refractivity contribution in [3.8, 4) is 11.1 Å². The summed E-state index contributed by atoms with van der Waals surface area (Å²) in [6.07, 6.45) is 0.616. The average molecular weight is 441 g/mol. The Morgan fingerprint density at radius 1 is 1.12 bits per heavy atom. The SMILES string of the molecule is CC(C)C[C@H](C(=O)N1CCN(c2ccc(-c3ccccc3)cn2)C[C@H]1C)[C@H](O)C(=O)NO. The zero-order chi connectivity index (χ0) is 23.3. The van der Waals surface area contributed by atoms with Gasteiger partial charge in [-0.1, -0.05) is 44.2 Å². The second kappa shape index (κ2) is 10.6. The van der Waals surface area contributed by atoms with Gasteiger partial charge in [-0.25, -0.2) is 10.5 Å². The van der Waals surface area contributed by atoms with E-state index in [2.05, 4.69) is 9.88 Å². The average Bonchev–Trinajstić information content (AvgIpc) is 2.81. The molecule has 32 heavy (non-hydrogen) atoms. The van der Waals surface area contributed by atoms with E-state index in [1.165, 1.54) is 5.48 Å². The first kappa shape index (κ1) is 23.7. The van der Waals surface area contributed by atoms with Crippen LogP contribution >= 0.6 is 0 Å². The Bertz CT molecular complexity index is 904. The molecule has 3 atom stereocenters. The summed E-state index contributed by atoms with van der Waals surface area (Å²) >= 11 is 0. The quantitative estimate of drug-likeness (QED) is 0.451. The van der Waals surface area contributed by atoms with Crippen LogP contribution in [0.15, 0.2) is 48.7 Å². The summed E-state index contributed by atoms with van der Waals surface area (Å²) in [5.41, 5.74) is 3.61. The maximum Gasteiger partial charge on any atom is 0.272 e. The van der Waals surface area contributed by atoms with Gasteiger partial charge in [0.25, 0.3) is 5.91 Å². The number of anilines is 1. The molecule has 3 rings (SSSR count). The highest BCUT2D eigenvalue weighted by Crippen LogP contribution is 2.25. The predicted molar refractivity (Wildman–Crippen MR) is 122 cm³/mol. The minimum absolute atomic E-state index is 0.106. The van der Waals surface area contributed by atoms with Crippen molar-refractivity contribution >= 4 is 17.6 Å². The number of piperazine rings is 1. The lowest BCUT2D eigenvalue weighted by molar-refractivity contribution is -0.152. The zero-order valence-corrected chi connectivity index (χ0v) is 18.8. The Morgan fingerprint density at radius 3 is 2.41 bits per heavy atom. The Morgan fingerprint density at radius 2 is 1.84 bits per heavy atom. The van der Waals surface area contributed by atoms with E-state index in [0.29, 0.717) is 26.1 Å². The molecule has 1 aromatic heterocycles. The number of aromatic nitrogens is 1. The minimum Gasteiger partial charge on any atom is -0.382 e. The largest absolute Gasteiger partial charge is 0.382 e. The summed E-state index contributed by atoms with van der Waals surface area (Å²) in [4.78, 5) is 33.5. The van der Waals surface area contributed by atoms with Gasteiger partial charge in [0.2, 0.25) is 5.91 Å². The molecule has 0 radical (unpaired) electrons. The number of rotatable bonds is 7. The van der Waals surface area contributed by atoms with E-state index >= 15 is 0 Å². The van der Waals surface area contributed by atoms with Gasteiger partial charge in [0.05, 0.1) is 5.92 Å². The summed E-state index contributed by atoms with van der Waals surface area (Å²) in [5.74, 6) is -1.18. The lowest BCUT2D eigenvalue weighted by atomic mass is 9.89. The smallest absolute Gasteiger partial charge is 0.272 e. The van der Waals surface area contributed by atoms with Crippen LogP contribution < -0.4 is 10.4 Å². The number of aliphatic hydroxyl groups excluding tert-OH is 1. The van der Waals surface area contributed by atoms with Gasteiger partial charge in [-0.2, -0.15) is 0 Å². The van der Waals surface area contributed by atoms with Gasteiger partial charge in [0.15, 0.2) is 0 Å². The first-order chi connectivity index (χ1) is 15.3. The van der Waals surface area contributed by atoms with Crippen LogP contribution in [-0.2, 0) is 9.59 Å². The van der Waals surface area contributed by atoms with E-state index in [4.69, 9.17) is 5.21 Å². The van der Waals surface area contributed by atoms with Crippen LogP contribution in [0.4, 0.5) is 5.82 Å². The lowest BCUT2D eigenvalue weighted by Gasteiger charge is -2.42. The predicted octanol–water partition coefficient (Wildman–Crippen LogP) is 2.31. The second-order valence-electron chi connectivity index (χ2n) is 8.75. The van der Waals surface area contributed by atoms with Gasteiger partial charge in [0, 0.05) is 37.4 Å². The fourth-order valence-electron chi connectivity index (χ4n) is 4.20. The number of pyridine rings is 1. The van der Waals surface area contributed by atoms with Gasteiger partial charge in [-0.3, -0.25) is 14.8 Å². The molecule has 0 bridgehead atoms. The molecule has 1 aliphatic heterocycles. The molecule has 2 heterocycles. The van der Waals surface area contributed by atoms with Gasteiger partial charge in [0.1, 0.15) is 11.9 Å². The highest BCUT2D eigenvalue weighted by molar-refractivity contribution is 5.89. The molecule has 0 unspecified atom stereocenters. The van der Waals surface area contributed by atoms with E-state index in [9.17, 15) is 14.7 Å². The molecular weight excluding hydrogens is 408 g/mol. The van der Waals surface area contributed by atoms with E-state index in [1.54, 1.807) is 4.90 Å². The number of aliphatic hydroxyl groups is 1. The van der Waals surface area contributed by atoms with Crippen LogP contribution in [0.25, 0.3) is 11.1 Å². The second-order valence-corrected chi connectivity index (χ2v) is 8.75. The number of nitrogens with zero attached hydrogens (tertiary/aromatic N) is 3. The number of hydroxylamine groups is 1. The number of nitrogens with one attached hydrogen (secondary N) is 1. The van der Waals surface area contributed by atoms with Crippen LogP contribution in [0.3, 0.4) is 0 Å². The van der Waals surface area contributed by atoms with Crippen molar-refractivity contribution in [1.29, 1.82) is 0 Å². The van der Waals surface area contributed by atoms with Crippen molar-refractivity contribution in [2.45, 2.75) is 39.3 Å². The highest BCUT2D eigenvalue weighted by atomic mass is 16.5. The third kappa shape index (κ3) is 5.44. The molecule has 1 saturated heterocycles. The van der Waals surface area contributed by atoms with Crippen molar-refractivity contribution in [3.63, 3.8) is 0 Å². The van der Waals surface area contributed by atoms with E-state index in [-0.39, 0.29) is 17.9 Å². The number of benzene rings is 1. The third-order valence-corrected chi connectivity index (χ3v) is 5.89. The summed E-state index contributed by atoms with van der Waals surface area (Å²) in [6.45, 7) is 7.47. The monoisotopic (exact) mass is 440 g/mol. The zero-order valence-electron chi connectivity index (χ0n) is 18.8. The van der Waals surface area contributed by atoms with Crippen molar-refractivity contribution in [2.24, 2.45) is 11.8 Å². The van der Waals surface area contributed by atoms with Crippen molar-refractivity contribution in [1.82, 2.24) is 15.4 Å². The molecule has 0 aliphatic carbocycles. The fourth-order valence-corrected chi connectivity index (χ4v) is 4.20. The van der Waals surface area contributed by atoms with Crippen LogP contribution in [0.5, 0.6) is 0 Å². The molecule has 8 nitrogen and oxygen atoms in total. The van der Waals surface area contributed by atoms with Crippen LogP contribution in [0.2, 0.25) is 0 Å². The summed E-state index contributed by atoms with van der Waals surface area (Å²) in [5, 5.41) is 19.2. The Balaban J connectivity index is 1.68. The molecule has 0 spiro atoms. The lowest BCUT2D eigenvalue weighted by Crippen LogP contribution is -2.57. The summed E-state index contributed by atoms with van der Waals surface area (Å²) < 4.78 is 0. The fraction of sp³-hybridized carbons (Fsp3) is 0.458. The third-order valence-electron chi connectivity index (χ3n) is 5.89. The molecule has 1 aliphatic rings. The van der Waals surface area contributed by atoms with E-state index in [1.807, 2.05) is 69.4 Å². The van der Waals surface area contributed by atoms with Crippen molar-refractivity contribution in [3.05, 3.63) is 48.7 Å². The molecule has 2 amide bonds.